The molecule has 1 heterocycles. The largest absolute Gasteiger partial charge is 0.495 e. The van der Waals surface area contributed by atoms with Crippen molar-refractivity contribution in [3.05, 3.63) is 35.2 Å². The molecule has 0 aliphatic rings. The average molecular weight is 265 g/mol. The summed E-state index contributed by atoms with van der Waals surface area (Å²) in [5.41, 5.74) is 7.98. The topological polar surface area (TPSA) is 73.1 Å². The highest BCUT2D eigenvalue weighted by Crippen LogP contribution is 2.31. The number of rotatable bonds is 3. The Kier molecular flexibility index (Phi) is 3.53. The van der Waals surface area contributed by atoms with E-state index in [4.69, 9.17) is 22.1 Å². The number of nitrogen functional groups attached to an aromatic ring is 1. The van der Waals surface area contributed by atoms with Crippen molar-refractivity contribution in [3.8, 4) is 5.75 Å². The summed E-state index contributed by atoms with van der Waals surface area (Å²) >= 11 is 5.84. The number of nitrogens with zero attached hydrogens (tertiary/aromatic N) is 2. The van der Waals surface area contributed by atoms with Gasteiger partial charge in [-0.2, -0.15) is 0 Å². The molecule has 6 heteroatoms. The molecule has 0 aliphatic carbocycles. The molecule has 2 aromatic rings. The van der Waals surface area contributed by atoms with Gasteiger partial charge in [-0.25, -0.2) is 9.97 Å². The number of hydrogen-bond acceptors (Lipinski definition) is 5. The van der Waals surface area contributed by atoms with E-state index in [-0.39, 0.29) is 5.15 Å². The average Bonchev–Trinajstić information content (AvgIpc) is 2.35. The number of ether oxygens (including phenoxy) is 1. The van der Waals surface area contributed by atoms with Gasteiger partial charge in [0.05, 0.1) is 12.8 Å². The maximum atomic E-state index is 5.84. The van der Waals surface area contributed by atoms with E-state index in [1.807, 2.05) is 25.1 Å². The first-order chi connectivity index (χ1) is 8.61. The van der Waals surface area contributed by atoms with Crippen LogP contribution in [0.2, 0.25) is 5.15 Å². The van der Waals surface area contributed by atoms with Gasteiger partial charge in [0, 0.05) is 0 Å². The summed E-state index contributed by atoms with van der Waals surface area (Å²) < 4.78 is 5.26. The van der Waals surface area contributed by atoms with Gasteiger partial charge in [0.25, 0.3) is 0 Å². The van der Waals surface area contributed by atoms with E-state index in [9.17, 15) is 0 Å². The van der Waals surface area contributed by atoms with Crippen molar-refractivity contribution in [1.29, 1.82) is 0 Å². The molecule has 1 aromatic carbocycles. The van der Waals surface area contributed by atoms with Crippen LogP contribution < -0.4 is 15.8 Å². The molecule has 0 atom stereocenters. The molecule has 0 fully saturated rings. The van der Waals surface area contributed by atoms with Crippen LogP contribution in [-0.2, 0) is 0 Å². The van der Waals surface area contributed by atoms with Crippen LogP contribution in [0.3, 0.4) is 0 Å². The number of aromatic nitrogens is 2. The Morgan fingerprint density at radius 3 is 2.83 bits per heavy atom. The van der Waals surface area contributed by atoms with Crippen LogP contribution in [0.15, 0.2) is 24.5 Å². The van der Waals surface area contributed by atoms with Crippen LogP contribution in [0.4, 0.5) is 17.2 Å². The predicted molar refractivity (Wildman–Crippen MR) is 72.5 cm³/mol. The summed E-state index contributed by atoms with van der Waals surface area (Å²) in [7, 11) is 1.60. The maximum absolute atomic E-state index is 5.84. The minimum atomic E-state index is 0.221. The minimum Gasteiger partial charge on any atom is -0.495 e. The normalized spacial score (nSPS) is 10.2. The monoisotopic (exact) mass is 264 g/mol. The lowest BCUT2D eigenvalue weighted by molar-refractivity contribution is 0.416. The van der Waals surface area contributed by atoms with Crippen LogP contribution in [0.1, 0.15) is 5.56 Å². The van der Waals surface area contributed by atoms with E-state index in [2.05, 4.69) is 15.3 Å². The molecule has 0 amide bonds. The zero-order chi connectivity index (χ0) is 13.1. The van der Waals surface area contributed by atoms with Crippen molar-refractivity contribution < 1.29 is 4.74 Å². The van der Waals surface area contributed by atoms with Crippen LogP contribution >= 0.6 is 11.6 Å². The Balaban J connectivity index is 2.39. The van der Waals surface area contributed by atoms with Crippen molar-refractivity contribution in [1.82, 2.24) is 9.97 Å². The lowest BCUT2D eigenvalue weighted by Gasteiger charge is -2.12. The highest BCUT2D eigenvalue weighted by Gasteiger charge is 2.09. The number of methoxy groups -OCH3 is 1. The van der Waals surface area contributed by atoms with Gasteiger partial charge in [0.2, 0.25) is 0 Å². The van der Waals surface area contributed by atoms with Gasteiger partial charge in [-0.15, -0.1) is 0 Å². The molecule has 5 nitrogen and oxygen atoms in total. The Morgan fingerprint density at radius 2 is 2.11 bits per heavy atom. The van der Waals surface area contributed by atoms with Gasteiger partial charge in [0.15, 0.2) is 11.0 Å². The van der Waals surface area contributed by atoms with Crippen molar-refractivity contribution in [2.75, 3.05) is 18.2 Å². The number of hydrogen-bond donors (Lipinski definition) is 2. The second-order valence-electron chi connectivity index (χ2n) is 3.76. The summed E-state index contributed by atoms with van der Waals surface area (Å²) in [5.74, 6) is 1.16. The lowest BCUT2D eigenvalue weighted by atomic mass is 10.2. The van der Waals surface area contributed by atoms with Crippen LogP contribution in [-0.4, -0.2) is 17.1 Å². The molecular formula is C12H13ClN4O. The third-order valence-corrected chi connectivity index (χ3v) is 2.74. The van der Waals surface area contributed by atoms with Gasteiger partial charge in [-0.1, -0.05) is 17.7 Å². The predicted octanol–water partition coefficient (Wildman–Crippen LogP) is 2.77. The Morgan fingerprint density at radius 1 is 1.33 bits per heavy atom. The first-order valence-corrected chi connectivity index (χ1v) is 5.67. The van der Waals surface area contributed by atoms with Crippen LogP contribution in [0, 0.1) is 6.92 Å². The molecule has 94 valence electrons. The molecule has 0 aliphatic heterocycles. The second-order valence-corrected chi connectivity index (χ2v) is 4.11. The van der Waals surface area contributed by atoms with Gasteiger partial charge in [0.1, 0.15) is 17.8 Å². The van der Waals surface area contributed by atoms with Crippen molar-refractivity contribution >= 4 is 28.8 Å². The fourth-order valence-corrected chi connectivity index (χ4v) is 1.65. The lowest BCUT2D eigenvalue weighted by Crippen LogP contribution is -2.02. The molecule has 0 saturated carbocycles. The number of benzene rings is 1. The highest BCUT2D eigenvalue weighted by atomic mass is 35.5. The smallest absolute Gasteiger partial charge is 0.158 e. The number of halogens is 1. The maximum Gasteiger partial charge on any atom is 0.158 e. The number of anilines is 3. The Hall–Kier alpha value is -2.01. The molecule has 1 aromatic heterocycles. The summed E-state index contributed by atoms with van der Waals surface area (Å²) in [6.07, 6.45) is 1.35. The SMILES string of the molecule is COc1ccc(C)cc1Nc1ncnc(Cl)c1N. The van der Waals surface area contributed by atoms with Gasteiger partial charge in [-0.3, -0.25) is 0 Å². The fraction of sp³-hybridized carbons (Fsp3) is 0.167. The Bertz CT molecular complexity index is 574. The van der Waals surface area contributed by atoms with Crippen LogP contribution in [0.25, 0.3) is 0 Å². The van der Waals surface area contributed by atoms with Gasteiger partial charge >= 0.3 is 0 Å². The summed E-state index contributed by atoms with van der Waals surface area (Å²) in [5, 5.41) is 3.31. The molecule has 2 rings (SSSR count). The number of aryl methyl sites for hydroxylation is 1. The first-order valence-electron chi connectivity index (χ1n) is 5.29. The molecule has 0 bridgehead atoms. The van der Waals surface area contributed by atoms with Crippen molar-refractivity contribution in [2.24, 2.45) is 0 Å². The fourth-order valence-electron chi connectivity index (χ4n) is 1.52. The minimum absolute atomic E-state index is 0.221. The van der Waals surface area contributed by atoms with Crippen molar-refractivity contribution in [3.63, 3.8) is 0 Å². The van der Waals surface area contributed by atoms with E-state index < -0.39 is 0 Å². The molecule has 0 unspecified atom stereocenters. The van der Waals surface area contributed by atoms with E-state index in [1.54, 1.807) is 7.11 Å². The van der Waals surface area contributed by atoms with E-state index >= 15 is 0 Å². The quantitative estimate of drug-likeness (QED) is 0.834. The molecule has 0 radical (unpaired) electrons. The van der Waals surface area contributed by atoms with Crippen molar-refractivity contribution in [2.45, 2.75) is 6.92 Å². The zero-order valence-electron chi connectivity index (χ0n) is 10.1. The molecule has 18 heavy (non-hydrogen) atoms. The van der Waals surface area contributed by atoms with Crippen LogP contribution in [0.5, 0.6) is 5.75 Å². The van der Waals surface area contributed by atoms with E-state index in [0.717, 1.165) is 11.3 Å². The molecule has 3 N–H and O–H groups in total. The molecular weight excluding hydrogens is 252 g/mol. The van der Waals surface area contributed by atoms with Gasteiger partial charge in [-0.05, 0) is 24.6 Å². The van der Waals surface area contributed by atoms with E-state index in [0.29, 0.717) is 17.3 Å². The van der Waals surface area contributed by atoms with E-state index in [1.165, 1.54) is 6.33 Å². The first kappa shape index (κ1) is 12.4. The molecule has 0 saturated heterocycles. The third kappa shape index (κ3) is 2.46. The zero-order valence-corrected chi connectivity index (χ0v) is 10.8. The Labute approximate surface area is 110 Å². The number of nitrogens with two attached hydrogens (primary N) is 1. The standard InChI is InChI=1S/C12H13ClN4O/c1-7-3-4-9(18-2)8(5-7)17-12-10(14)11(13)15-6-16-12/h3-6H,14H2,1-2H3,(H,15,16,17). The summed E-state index contributed by atoms with van der Waals surface area (Å²) in [4.78, 5) is 7.85. The summed E-state index contributed by atoms with van der Waals surface area (Å²) in [6, 6.07) is 5.77. The van der Waals surface area contributed by atoms with Gasteiger partial charge < -0.3 is 15.8 Å². The number of nitrogens with one attached hydrogen (secondary N) is 1. The molecule has 0 spiro atoms. The second kappa shape index (κ2) is 5.10. The summed E-state index contributed by atoms with van der Waals surface area (Å²) in [6.45, 7) is 1.99. The third-order valence-electron chi connectivity index (χ3n) is 2.44. The highest BCUT2D eigenvalue weighted by molar-refractivity contribution is 6.32.